The molecule has 6 heteroatoms. The molecule has 0 unspecified atom stereocenters. The lowest BCUT2D eigenvalue weighted by molar-refractivity contribution is -0.136. The van der Waals surface area contributed by atoms with Crippen molar-refractivity contribution in [3.05, 3.63) is 44.9 Å². The molecule has 5 nitrogen and oxygen atoms in total. The summed E-state index contributed by atoms with van der Waals surface area (Å²) in [6.07, 6.45) is 1.78. The summed E-state index contributed by atoms with van der Waals surface area (Å²) in [6, 6.07) is 2.10. The van der Waals surface area contributed by atoms with Crippen molar-refractivity contribution in [2.24, 2.45) is 0 Å². The average molecular weight is 315 g/mol. The van der Waals surface area contributed by atoms with E-state index in [4.69, 9.17) is 5.11 Å². The highest BCUT2D eigenvalue weighted by Crippen LogP contribution is 2.25. The molecule has 22 heavy (non-hydrogen) atoms. The van der Waals surface area contributed by atoms with Gasteiger partial charge in [-0.1, -0.05) is 0 Å². The molecule has 0 bridgehead atoms. The van der Waals surface area contributed by atoms with Crippen molar-refractivity contribution in [1.29, 1.82) is 0 Å². The SMILES string of the molecule is Cc1ccsc1Cn1ncc2c(C)c(CC(=O)O)c(C)nc21. The van der Waals surface area contributed by atoms with E-state index in [1.807, 2.05) is 18.5 Å². The van der Waals surface area contributed by atoms with E-state index < -0.39 is 5.97 Å². The largest absolute Gasteiger partial charge is 0.481 e. The van der Waals surface area contributed by atoms with Gasteiger partial charge in [0.05, 0.1) is 19.2 Å². The van der Waals surface area contributed by atoms with Gasteiger partial charge in [0.1, 0.15) is 0 Å². The van der Waals surface area contributed by atoms with Gasteiger partial charge in [-0.3, -0.25) is 4.79 Å². The molecule has 0 aromatic carbocycles. The van der Waals surface area contributed by atoms with E-state index in [0.29, 0.717) is 6.54 Å². The predicted molar refractivity (Wildman–Crippen MR) is 86.5 cm³/mol. The van der Waals surface area contributed by atoms with Crippen LogP contribution in [0.2, 0.25) is 0 Å². The summed E-state index contributed by atoms with van der Waals surface area (Å²) in [4.78, 5) is 16.9. The summed E-state index contributed by atoms with van der Waals surface area (Å²) in [5.41, 5.74) is 4.57. The second-order valence-electron chi connectivity index (χ2n) is 5.44. The molecule has 0 aliphatic heterocycles. The highest BCUT2D eigenvalue weighted by Gasteiger charge is 2.16. The molecule has 1 N–H and O–H groups in total. The number of rotatable bonds is 4. The normalized spacial score (nSPS) is 11.2. The average Bonchev–Trinajstić information content (AvgIpc) is 3.03. The van der Waals surface area contributed by atoms with Crippen molar-refractivity contribution in [2.75, 3.05) is 0 Å². The van der Waals surface area contributed by atoms with E-state index in [9.17, 15) is 4.79 Å². The minimum atomic E-state index is -0.839. The maximum Gasteiger partial charge on any atom is 0.307 e. The fourth-order valence-corrected chi connectivity index (χ4v) is 3.54. The second kappa shape index (κ2) is 5.53. The molecule has 0 aliphatic carbocycles. The molecule has 0 saturated heterocycles. The fraction of sp³-hybridized carbons (Fsp3) is 0.312. The summed E-state index contributed by atoms with van der Waals surface area (Å²) in [7, 11) is 0. The van der Waals surface area contributed by atoms with Gasteiger partial charge in [-0.2, -0.15) is 5.10 Å². The zero-order valence-electron chi connectivity index (χ0n) is 12.8. The predicted octanol–water partition coefficient (Wildman–Crippen LogP) is 3.09. The molecule has 114 valence electrons. The Labute approximate surface area is 132 Å². The molecular weight excluding hydrogens is 298 g/mol. The van der Waals surface area contributed by atoms with Crippen LogP contribution in [0.15, 0.2) is 17.6 Å². The third-order valence-electron chi connectivity index (χ3n) is 3.97. The van der Waals surface area contributed by atoms with Crippen LogP contribution in [0.5, 0.6) is 0 Å². The van der Waals surface area contributed by atoms with Crippen LogP contribution in [0, 0.1) is 20.8 Å². The summed E-state index contributed by atoms with van der Waals surface area (Å²) in [6.45, 7) is 6.58. The van der Waals surface area contributed by atoms with Crippen LogP contribution in [-0.2, 0) is 17.8 Å². The molecule has 0 amide bonds. The van der Waals surface area contributed by atoms with Crippen LogP contribution in [-0.4, -0.2) is 25.8 Å². The number of pyridine rings is 1. The minimum absolute atomic E-state index is 0.00415. The number of hydrogen-bond acceptors (Lipinski definition) is 4. The number of aliphatic carboxylic acids is 1. The van der Waals surface area contributed by atoms with Crippen molar-refractivity contribution in [3.63, 3.8) is 0 Å². The maximum atomic E-state index is 11.0. The Morgan fingerprint density at radius 1 is 1.36 bits per heavy atom. The first-order valence-electron chi connectivity index (χ1n) is 7.03. The van der Waals surface area contributed by atoms with Crippen molar-refractivity contribution in [3.8, 4) is 0 Å². The first kappa shape index (κ1) is 14.7. The number of carboxylic acids is 1. The van der Waals surface area contributed by atoms with Gasteiger partial charge in [0.15, 0.2) is 5.65 Å². The van der Waals surface area contributed by atoms with Crippen molar-refractivity contribution >= 4 is 28.3 Å². The zero-order chi connectivity index (χ0) is 15.9. The van der Waals surface area contributed by atoms with Gasteiger partial charge >= 0.3 is 5.97 Å². The molecule has 3 rings (SSSR count). The molecular formula is C16H17N3O2S. The Balaban J connectivity index is 2.08. The molecule has 0 fully saturated rings. The first-order chi connectivity index (χ1) is 10.5. The number of carbonyl (C=O) groups is 1. The maximum absolute atomic E-state index is 11.0. The van der Waals surface area contributed by atoms with E-state index in [1.54, 1.807) is 17.5 Å². The Morgan fingerprint density at radius 2 is 2.14 bits per heavy atom. The lowest BCUT2D eigenvalue weighted by Crippen LogP contribution is -2.08. The quantitative estimate of drug-likeness (QED) is 0.803. The van der Waals surface area contributed by atoms with Crippen LogP contribution < -0.4 is 0 Å². The van der Waals surface area contributed by atoms with Crippen molar-refractivity contribution < 1.29 is 9.90 Å². The number of carboxylic acid groups (broad SMARTS) is 1. The molecule has 0 spiro atoms. The number of thiophene rings is 1. The van der Waals surface area contributed by atoms with Gasteiger partial charge in [-0.15, -0.1) is 11.3 Å². The first-order valence-corrected chi connectivity index (χ1v) is 7.91. The third kappa shape index (κ3) is 2.50. The molecule has 3 heterocycles. The van der Waals surface area contributed by atoms with Crippen LogP contribution in [0.25, 0.3) is 11.0 Å². The third-order valence-corrected chi connectivity index (χ3v) is 4.98. The van der Waals surface area contributed by atoms with E-state index in [-0.39, 0.29) is 6.42 Å². The van der Waals surface area contributed by atoms with Crippen LogP contribution in [0.3, 0.4) is 0 Å². The Hall–Kier alpha value is -2.21. The van der Waals surface area contributed by atoms with E-state index in [1.165, 1.54) is 10.4 Å². The van der Waals surface area contributed by atoms with Gasteiger partial charge < -0.3 is 5.11 Å². The van der Waals surface area contributed by atoms with E-state index >= 15 is 0 Å². The van der Waals surface area contributed by atoms with Crippen molar-refractivity contribution in [1.82, 2.24) is 14.8 Å². The summed E-state index contributed by atoms with van der Waals surface area (Å²) >= 11 is 1.71. The number of fused-ring (bicyclic) bond motifs is 1. The number of nitrogens with zero attached hydrogens (tertiary/aromatic N) is 3. The Morgan fingerprint density at radius 3 is 2.77 bits per heavy atom. The second-order valence-corrected chi connectivity index (χ2v) is 6.44. The molecule has 0 radical (unpaired) electrons. The van der Waals surface area contributed by atoms with Gasteiger partial charge in [0.25, 0.3) is 0 Å². The standard InChI is InChI=1S/C16H17N3O2S/c1-9-4-5-22-14(9)8-19-16-13(7-17-19)10(2)12(6-15(20)21)11(3)18-16/h4-5,7H,6,8H2,1-3H3,(H,20,21). The van der Waals surface area contributed by atoms with Crippen LogP contribution >= 0.6 is 11.3 Å². The van der Waals surface area contributed by atoms with Gasteiger partial charge in [0.2, 0.25) is 0 Å². The molecule has 3 aromatic heterocycles. The summed E-state index contributed by atoms with van der Waals surface area (Å²) < 4.78 is 1.89. The lowest BCUT2D eigenvalue weighted by atomic mass is 10.0. The zero-order valence-corrected chi connectivity index (χ0v) is 13.6. The van der Waals surface area contributed by atoms with E-state index in [0.717, 1.165) is 27.9 Å². The van der Waals surface area contributed by atoms with E-state index in [2.05, 4.69) is 28.5 Å². The van der Waals surface area contributed by atoms with Crippen molar-refractivity contribution in [2.45, 2.75) is 33.7 Å². The lowest BCUT2D eigenvalue weighted by Gasteiger charge is -2.09. The highest BCUT2D eigenvalue weighted by molar-refractivity contribution is 7.10. The van der Waals surface area contributed by atoms with Gasteiger partial charge in [-0.25, -0.2) is 9.67 Å². The summed E-state index contributed by atoms with van der Waals surface area (Å²) in [5, 5.41) is 16.5. The monoisotopic (exact) mass is 315 g/mol. The van der Waals surface area contributed by atoms with Gasteiger partial charge in [-0.05, 0) is 48.9 Å². The Bertz CT molecular complexity index is 864. The topological polar surface area (TPSA) is 68.0 Å². The van der Waals surface area contributed by atoms with Gasteiger partial charge in [0, 0.05) is 16.0 Å². The Kier molecular flexibility index (Phi) is 3.70. The van der Waals surface area contributed by atoms with Crippen LogP contribution in [0.1, 0.15) is 27.3 Å². The highest BCUT2D eigenvalue weighted by atomic mass is 32.1. The molecule has 0 saturated carbocycles. The molecule has 3 aromatic rings. The number of aromatic nitrogens is 3. The summed E-state index contributed by atoms with van der Waals surface area (Å²) in [5.74, 6) is -0.839. The fourth-order valence-electron chi connectivity index (χ4n) is 2.65. The number of aryl methyl sites for hydroxylation is 3. The number of hydrogen-bond donors (Lipinski definition) is 1. The minimum Gasteiger partial charge on any atom is -0.481 e. The molecule has 0 atom stereocenters. The smallest absolute Gasteiger partial charge is 0.307 e. The van der Waals surface area contributed by atoms with Crippen LogP contribution in [0.4, 0.5) is 0 Å². The molecule has 0 aliphatic rings.